The summed E-state index contributed by atoms with van der Waals surface area (Å²) in [6.07, 6.45) is 2.49. The molecule has 3 heteroatoms. The molecule has 0 saturated carbocycles. The summed E-state index contributed by atoms with van der Waals surface area (Å²) >= 11 is 1.78. The summed E-state index contributed by atoms with van der Waals surface area (Å²) in [6, 6.07) is 14.2. The SMILES string of the molecule is CCCC1CN(c2ccsc2)C(c2ccccc2)CN1. The second-order valence-electron chi connectivity index (χ2n) is 5.45. The van der Waals surface area contributed by atoms with Gasteiger partial charge in [0.2, 0.25) is 0 Å². The van der Waals surface area contributed by atoms with E-state index >= 15 is 0 Å². The largest absolute Gasteiger partial charge is 0.361 e. The molecule has 0 aliphatic carbocycles. The van der Waals surface area contributed by atoms with Crippen molar-refractivity contribution in [1.82, 2.24) is 5.32 Å². The highest BCUT2D eigenvalue weighted by Gasteiger charge is 2.28. The van der Waals surface area contributed by atoms with Gasteiger partial charge in [-0.2, -0.15) is 11.3 Å². The first-order valence-corrected chi connectivity index (χ1v) is 8.40. The fourth-order valence-electron chi connectivity index (χ4n) is 3.04. The summed E-state index contributed by atoms with van der Waals surface area (Å²) in [4.78, 5) is 2.57. The maximum Gasteiger partial charge on any atom is 0.0668 e. The molecule has 0 spiro atoms. The Bertz CT molecular complexity index is 509. The van der Waals surface area contributed by atoms with Crippen LogP contribution in [0.1, 0.15) is 31.4 Å². The standard InChI is InChI=1S/C17H22N2S/c1-2-6-15-12-19(16-9-10-20-13-16)17(11-18-15)14-7-4-3-5-8-14/h3-5,7-10,13,15,17-18H,2,6,11-12H2,1H3. The first kappa shape index (κ1) is 13.7. The number of benzene rings is 1. The van der Waals surface area contributed by atoms with E-state index in [1.54, 1.807) is 11.3 Å². The lowest BCUT2D eigenvalue weighted by molar-refractivity contribution is 0.379. The van der Waals surface area contributed by atoms with E-state index in [0.717, 1.165) is 13.1 Å². The summed E-state index contributed by atoms with van der Waals surface area (Å²) in [7, 11) is 0. The Morgan fingerprint density at radius 3 is 2.80 bits per heavy atom. The number of hydrogen-bond donors (Lipinski definition) is 1. The Morgan fingerprint density at radius 2 is 2.10 bits per heavy atom. The van der Waals surface area contributed by atoms with Gasteiger partial charge in [-0.1, -0.05) is 43.7 Å². The van der Waals surface area contributed by atoms with Crippen LogP contribution in [0.25, 0.3) is 0 Å². The third-order valence-electron chi connectivity index (χ3n) is 4.05. The molecule has 1 N–H and O–H groups in total. The number of piperazine rings is 1. The molecule has 1 fully saturated rings. The zero-order valence-corrected chi connectivity index (χ0v) is 12.8. The lowest BCUT2D eigenvalue weighted by Gasteiger charge is -2.42. The molecule has 106 valence electrons. The molecule has 2 atom stereocenters. The summed E-state index contributed by atoms with van der Waals surface area (Å²) < 4.78 is 0. The highest BCUT2D eigenvalue weighted by Crippen LogP contribution is 2.31. The summed E-state index contributed by atoms with van der Waals surface area (Å²) in [5.74, 6) is 0. The number of nitrogens with zero attached hydrogens (tertiary/aromatic N) is 1. The van der Waals surface area contributed by atoms with E-state index in [1.165, 1.54) is 24.1 Å². The van der Waals surface area contributed by atoms with Crippen LogP contribution in [0, 0.1) is 0 Å². The first-order valence-electron chi connectivity index (χ1n) is 7.45. The van der Waals surface area contributed by atoms with Gasteiger partial charge < -0.3 is 10.2 Å². The monoisotopic (exact) mass is 286 g/mol. The van der Waals surface area contributed by atoms with Crippen molar-refractivity contribution in [2.24, 2.45) is 0 Å². The van der Waals surface area contributed by atoms with Crippen LogP contribution >= 0.6 is 11.3 Å². The van der Waals surface area contributed by atoms with Crippen LogP contribution in [-0.2, 0) is 0 Å². The third kappa shape index (κ3) is 2.89. The number of hydrogen-bond acceptors (Lipinski definition) is 3. The number of rotatable bonds is 4. The molecule has 2 aromatic rings. The Balaban J connectivity index is 1.85. The predicted molar refractivity (Wildman–Crippen MR) is 87.5 cm³/mol. The van der Waals surface area contributed by atoms with Gasteiger partial charge in [0.1, 0.15) is 0 Å². The molecule has 1 aromatic heterocycles. The first-order chi connectivity index (χ1) is 9.88. The molecule has 1 aliphatic rings. The zero-order valence-electron chi connectivity index (χ0n) is 12.0. The second-order valence-corrected chi connectivity index (χ2v) is 6.23. The molecule has 2 unspecified atom stereocenters. The Hall–Kier alpha value is -1.32. The minimum Gasteiger partial charge on any atom is -0.361 e. The second kappa shape index (κ2) is 6.42. The molecule has 1 aliphatic heterocycles. The van der Waals surface area contributed by atoms with Crippen molar-refractivity contribution < 1.29 is 0 Å². The Labute approximate surface area is 125 Å². The molecule has 20 heavy (non-hydrogen) atoms. The van der Waals surface area contributed by atoms with Gasteiger partial charge in [-0.05, 0) is 23.4 Å². The fraction of sp³-hybridized carbons (Fsp3) is 0.412. The van der Waals surface area contributed by atoms with Gasteiger partial charge in [-0.25, -0.2) is 0 Å². The van der Waals surface area contributed by atoms with Gasteiger partial charge in [0.05, 0.1) is 6.04 Å². The molecule has 2 heterocycles. The lowest BCUT2D eigenvalue weighted by atomic mass is 9.99. The minimum absolute atomic E-state index is 0.443. The van der Waals surface area contributed by atoms with Crippen LogP contribution in [0.3, 0.4) is 0 Å². The van der Waals surface area contributed by atoms with E-state index < -0.39 is 0 Å². The van der Waals surface area contributed by atoms with Crippen molar-refractivity contribution >= 4 is 17.0 Å². The van der Waals surface area contributed by atoms with E-state index in [2.05, 4.69) is 64.3 Å². The number of nitrogens with one attached hydrogen (secondary N) is 1. The van der Waals surface area contributed by atoms with Crippen molar-refractivity contribution in [1.29, 1.82) is 0 Å². The van der Waals surface area contributed by atoms with Gasteiger partial charge in [0.15, 0.2) is 0 Å². The Morgan fingerprint density at radius 1 is 1.25 bits per heavy atom. The van der Waals surface area contributed by atoms with Crippen LogP contribution in [0.4, 0.5) is 5.69 Å². The topological polar surface area (TPSA) is 15.3 Å². The highest BCUT2D eigenvalue weighted by molar-refractivity contribution is 7.08. The molecule has 0 bridgehead atoms. The van der Waals surface area contributed by atoms with E-state index in [-0.39, 0.29) is 0 Å². The maximum atomic E-state index is 3.72. The molecule has 0 radical (unpaired) electrons. The average molecular weight is 286 g/mol. The summed E-state index contributed by atoms with van der Waals surface area (Å²) in [6.45, 7) is 4.40. The third-order valence-corrected chi connectivity index (χ3v) is 4.72. The van der Waals surface area contributed by atoms with Crippen molar-refractivity contribution in [2.75, 3.05) is 18.0 Å². The molecule has 0 amide bonds. The van der Waals surface area contributed by atoms with E-state index in [9.17, 15) is 0 Å². The average Bonchev–Trinajstić information content (AvgIpc) is 3.03. The maximum absolute atomic E-state index is 3.72. The van der Waals surface area contributed by atoms with Gasteiger partial charge >= 0.3 is 0 Å². The van der Waals surface area contributed by atoms with Crippen molar-refractivity contribution in [3.63, 3.8) is 0 Å². The van der Waals surface area contributed by atoms with Gasteiger partial charge in [0.25, 0.3) is 0 Å². The fourth-order valence-corrected chi connectivity index (χ4v) is 3.69. The molecular formula is C17H22N2S. The van der Waals surface area contributed by atoms with Crippen LogP contribution in [0.5, 0.6) is 0 Å². The predicted octanol–water partition coefficient (Wildman–Crippen LogP) is 4.07. The smallest absolute Gasteiger partial charge is 0.0668 e. The minimum atomic E-state index is 0.443. The molecule has 1 saturated heterocycles. The lowest BCUT2D eigenvalue weighted by Crippen LogP contribution is -2.52. The van der Waals surface area contributed by atoms with Gasteiger partial charge in [0, 0.05) is 30.2 Å². The molecule has 3 rings (SSSR count). The van der Waals surface area contributed by atoms with Crippen molar-refractivity contribution in [3.05, 3.63) is 52.7 Å². The molecular weight excluding hydrogens is 264 g/mol. The van der Waals surface area contributed by atoms with E-state index in [1.807, 2.05) is 0 Å². The van der Waals surface area contributed by atoms with Crippen molar-refractivity contribution in [2.45, 2.75) is 31.8 Å². The highest BCUT2D eigenvalue weighted by atomic mass is 32.1. The van der Waals surface area contributed by atoms with Gasteiger partial charge in [-0.3, -0.25) is 0 Å². The van der Waals surface area contributed by atoms with Crippen LogP contribution < -0.4 is 10.2 Å². The van der Waals surface area contributed by atoms with E-state index in [4.69, 9.17) is 0 Å². The van der Waals surface area contributed by atoms with Crippen molar-refractivity contribution in [3.8, 4) is 0 Å². The van der Waals surface area contributed by atoms with E-state index in [0.29, 0.717) is 12.1 Å². The number of anilines is 1. The zero-order chi connectivity index (χ0) is 13.8. The normalized spacial score (nSPS) is 22.9. The summed E-state index contributed by atoms with van der Waals surface area (Å²) in [5, 5.41) is 8.17. The number of thiophene rings is 1. The van der Waals surface area contributed by atoms with Crippen LogP contribution in [0.15, 0.2) is 47.2 Å². The van der Waals surface area contributed by atoms with Gasteiger partial charge in [-0.15, -0.1) is 0 Å². The Kier molecular flexibility index (Phi) is 4.38. The molecule has 1 aromatic carbocycles. The van der Waals surface area contributed by atoms with Crippen LogP contribution in [-0.4, -0.2) is 19.1 Å². The molecule has 2 nitrogen and oxygen atoms in total. The van der Waals surface area contributed by atoms with Crippen LogP contribution in [0.2, 0.25) is 0 Å². The quantitative estimate of drug-likeness (QED) is 0.911. The summed E-state index contributed by atoms with van der Waals surface area (Å²) in [5.41, 5.74) is 2.77.